The largest absolute Gasteiger partial charge is 0.379 e. The van der Waals surface area contributed by atoms with Gasteiger partial charge in [0.2, 0.25) is 0 Å². The molecule has 0 amide bonds. The molecule has 2 heterocycles. The van der Waals surface area contributed by atoms with Crippen LogP contribution in [0.3, 0.4) is 0 Å². The molecule has 1 saturated heterocycles. The van der Waals surface area contributed by atoms with Gasteiger partial charge in [-0.05, 0) is 76.1 Å². The summed E-state index contributed by atoms with van der Waals surface area (Å²) < 4.78 is 7.66. The van der Waals surface area contributed by atoms with Gasteiger partial charge in [-0.1, -0.05) is 35.5 Å². The second kappa shape index (κ2) is 10.8. The summed E-state index contributed by atoms with van der Waals surface area (Å²) in [5.74, 6) is -0.386. The Labute approximate surface area is 229 Å². The molecule has 7 heteroatoms. The number of carbonyl (C=O) groups is 2. The normalized spacial score (nSPS) is 15.2. The molecule has 0 unspecified atom stereocenters. The SMILES string of the molecule is CCn1c2ccc(C(=O)c3ccccc3C)cc2c2cc(C(C)=NOC(=O)C(C)(C)N3CCOCC3)ccc21. The second-order valence-electron chi connectivity index (χ2n) is 10.6. The van der Waals surface area contributed by atoms with Crippen molar-refractivity contribution < 1.29 is 19.2 Å². The predicted octanol–water partition coefficient (Wildman–Crippen LogP) is 5.73. The van der Waals surface area contributed by atoms with Crippen molar-refractivity contribution in [1.29, 1.82) is 0 Å². The summed E-state index contributed by atoms with van der Waals surface area (Å²) in [6, 6.07) is 19.7. The maximum atomic E-state index is 13.4. The molecule has 3 aromatic carbocycles. The van der Waals surface area contributed by atoms with E-state index in [-0.39, 0.29) is 5.78 Å². The fourth-order valence-corrected chi connectivity index (χ4v) is 5.32. The van der Waals surface area contributed by atoms with Crippen molar-refractivity contribution in [2.45, 2.75) is 46.7 Å². The molecule has 0 spiro atoms. The van der Waals surface area contributed by atoms with E-state index < -0.39 is 11.5 Å². The van der Waals surface area contributed by atoms with E-state index in [1.807, 2.05) is 76.2 Å². The molecule has 5 rings (SSSR count). The van der Waals surface area contributed by atoms with Crippen molar-refractivity contribution in [3.8, 4) is 0 Å². The lowest BCUT2D eigenvalue weighted by Crippen LogP contribution is -2.54. The average molecular weight is 526 g/mol. The molecule has 39 heavy (non-hydrogen) atoms. The molecule has 0 saturated carbocycles. The topological polar surface area (TPSA) is 73.1 Å². The Morgan fingerprint density at radius 3 is 2.21 bits per heavy atom. The zero-order chi connectivity index (χ0) is 27.7. The van der Waals surface area contributed by atoms with Crippen LogP contribution in [0.2, 0.25) is 0 Å². The van der Waals surface area contributed by atoms with Gasteiger partial charge in [0, 0.05) is 52.6 Å². The van der Waals surface area contributed by atoms with E-state index in [0.717, 1.165) is 39.5 Å². The van der Waals surface area contributed by atoms with E-state index in [2.05, 4.69) is 33.7 Å². The summed E-state index contributed by atoms with van der Waals surface area (Å²) in [5, 5.41) is 6.24. The first kappa shape index (κ1) is 26.8. The first-order valence-corrected chi connectivity index (χ1v) is 13.5. The average Bonchev–Trinajstić information content (AvgIpc) is 3.28. The third kappa shape index (κ3) is 5.00. The lowest BCUT2D eigenvalue weighted by Gasteiger charge is -2.37. The third-order valence-corrected chi connectivity index (χ3v) is 7.82. The molecule has 0 radical (unpaired) electrons. The Morgan fingerprint density at radius 2 is 1.56 bits per heavy atom. The van der Waals surface area contributed by atoms with Crippen LogP contribution in [0.15, 0.2) is 65.8 Å². The van der Waals surface area contributed by atoms with E-state index in [9.17, 15) is 9.59 Å². The number of nitrogens with zero attached hydrogens (tertiary/aromatic N) is 3. The highest BCUT2D eigenvalue weighted by molar-refractivity contribution is 6.16. The van der Waals surface area contributed by atoms with Crippen LogP contribution in [0.25, 0.3) is 21.8 Å². The first-order chi connectivity index (χ1) is 18.7. The molecule has 1 aromatic heterocycles. The lowest BCUT2D eigenvalue weighted by molar-refractivity contribution is -0.159. The van der Waals surface area contributed by atoms with Gasteiger partial charge in [0.05, 0.1) is 18.9 Å². The Morgan fingerprint density at radius 1 is 0.949 bits per heavy atom. The van der Waals surface area contributed by atoms with Crippen LogP contribution in [0.4, 0.5) is 0 Å². The number of benzene rings is 3. The van der Waals surface area contributed by atoms with Crippen LogP contribution >= 0.6 is 0 Å². The number of ether oxygens (including phenoxy) is 1. The van der Waals surface area contributed by atoms with Crippen molar-refractivity contribution in [1.82, 2.24) is 9.47 Å². The van der Waals surface area contributed by atoms with E-state index in [4.69, 9.17) is 9.57 Å². The van der Waals surface area contributed by atoms with Gasteiger partial charge >= 0.3 is 5.97 Å². The van der Waals surface area contributed by atoms with Crippen molar-refractivity contribution in [3.63, 3.8) is 0 Å². The smallest absolute Gasteiger partial charge is 0.354 e. The maximum absolute atomic E-state index is 13.4. The van der Waals surface area contributed by atoms with Crippen molar-refractivity contribution in [3.05, 3.63) is 82.9 Å². The van der Waals surface area contributed by atoms with Crippen LogP contribution < -0.4 is 0 Å². The van der Waals surface area contributed by atoms with E-state index in [1.165, 1.54) is 0 Å². The third-order valence-electron chi connectivity index (χ3n) is 7.82. The van der Waals surface area contributed by atoms with Crippen LogP contribution in [-0.4, -0.2) is 58.8 Å². The molecule has 7 nitrogen and oxygen atoms in total. The number of fused-ring (bicyclic) bond motifs is 3. The van der Waals surface area contributed by atoms with Crippen molar-refractivity contribution >= 4 is 39.3 Å². The number of morpholine rings is 1. The van der Waals surface area contributed by atoms with E-state index in [0.29, 0.717) is 43.1 Å². The molecule has 1 fully saturated rings. The summed E-state index contributed by atoms with van der Waals surface area (Å²) >= 11 is 0. The number of oxime groups is 1. The summed E-state index contributed by atoms with van der Waals surface area (Å²) in [6.07, 6.45) is 0. The minimum atomic E-state index is -0.799. The van der Waals surface area contributed by atoms with E-state index in [1.54, 1.807) is 0 Å². The molecular weight excluding hydrogens is 490 g/mol. The molecule has 1 aliphatic heterocycles. The number of aryl methyl sites for hydroxylation is 2. The standard InChI is InChI=1S/C32H35N3O4/c1-6-35-28-13-11-23(22(3)33-39-31(37)32(4,5)34-15-17-38-18-16-34)19-26(28)27-20-24(12-14-29(27)35)30(36)25-10-8-7-9-21(25)2/h7-14,19-20H,6,15-18H2,1-5H3. The second-order valence-corrected chi connectivity index (χ2v) is 10.6. The van der Waals surface area contributed by atoms with Gasteiger partial charge < -0.3 is 14.1 Å². The van der Waals surface area contributed by atoms with Crippen molar-refractivity contribution in [2.75, 3.05) is 26.3 Å². The summed E-state index contributed by atoms with van der Waals surface area (Å²) in [6.45, 7) is 13.0. The Balaban J connectivity index is 1.48. The number of hydrogen-bond acceptors (Lipinski definition) is 6. The number of carbonyl (C=O) groups excluding carboxylic acids is 2. The lowest BCUT2D eigenvalue weighted by atomic mass is 9.97. The number of ketones is 1. The van der Waals surface area contributed by atoms with Gasteiger partial charge in [-0.25, -0.2) is 4.79 Å². The highest BCUT2D eigenvalue weighted by atomic mass is 16.7. The molecule has 0 aliphatic carbocycles. The quantitative estimate of drug-likeness (QED) is 0.133. The molecule has 0 atom stereocenters. The molecule has 0 N–H and O–H groups in total. The monoisotopic (exact) mass is 525 g/mol. The first-order valence-electron chi connectivity index (χ1n) is 13.5. The molecule has 1 aliphatic rings. The maximum Gasteiger partial charge on any atom is 0.354 e. The zero-order valence-electron chi connectivity index (χ0n) is 23.3. The number of rotatable bonds is 7. The zero-order valence-corrected chi connectivity index (χ0v) is 23.3. The van der Waals surface area contributed by atoms with Crippen LogP contribution in [0, 0.1) is 6.92 Å². The highest BCUT2D eigenvalue weighted by Crippen LogP contribution is 2.32. The van der Waals surface area contributed by atoms with Crippen LogP contribution in [-0.2, 0) is 20.9 Å². The van der Waals surface area contributed by atoms with Gasteiger partial charge in [-0.15, -0.1) is 0 Å². The Bertz CT molecular complexity index is 1590. The van der Waals surface area contributed by atoms with Gasteiger partial charge in [0.1, 0.15) is 5.54 Å². The Hall–Kier alpha value is -3.81. The van der Waals surface area contributed by atoms with Gasteiger partial charge in [-0.3, -0.25) is 9.69 Å². The molecule has 0 bridgehead atoms. The molecular formula is C32H35N3O4. The molecule has 202 valence electrons. The Kier molecular flexibility index (Phi) is 7.38. The van der Waals surface area contributed by atoms with Crippen LogP contribution in [0.1, 0.15) is 54.7 Å². The minimum absolute atomic E-state index is 0.0103. The van der Waals surface area contributed by atoms with Gasteiger partial charge in [-0.2, -0.15) is 0 Å². The molecule has 4 aromatic rings. The number of aromatic nitrogens is 1. The summed E-state index contributed by atoms with van der Waals surface area (Å²) in [5.41, 5.74) is 5.13. The minimum Gasteiger partial charge on any atom is -0.379 e. The highest BCUT2D eigenvalue weighted by Gasteiger charge is 2.37. The fourth-order valence-electron chi connectivity index (χ4n) is 5.32. The van der Waals surface area contributed by atoms with Gasteiger partial charge in [0.25, 0.3) is 0 Å². The summed E-state index contributed by atoms with van der Waals surface area (Å²) in [7, 11) is 0. The van der Waals surface area contributed by atoms with Crippen LogP contribution in [0.5, 0.6) is 0 Å². The predicted molar refractivity (Wildman–Crippen MR) is 155 cm³/mol. The van der Waals surface area contributed by atoms with Gasteiger partial charge in [0.15, 0.2) is 5.78 Å². The van der Waals surface area contributed by atoms with E-state index >= 15 is 0 Å². The summed E-state index contributed by atoms with van der Waals surface area (Å²) in [4.78, 5) is 33.8. The fraction of sp³-hybridized carbons (Fsp3) is 0.344. The van der Waals surface area contributed by atoms with Crippen molar-refractivity contribution in [2.24, 2.45) is 5.16 Å². The number of hydrogen-bond donors (Lipinski definition) is 0.